The quantitative estimate of drug-likeness (QED) is 0.647. The van der Waals surface area contributed by atoms with Gasteiger partial charge in [-0.1, -0.05) is 12.1 Å². The van der Waals surface area contributed by atoms with Gasteiger partial charge in [-0.3, -0.25) is 14.8 Å². The number of fused-ring (bicyclic) bond motifs is 1. The highest BCUT2D eigenvalue weighted by molar-refractivity contribution is 7.92. The van der Waals surface area contributed by atoms with Gasteiger partial charge in [0.05, 0.1) is 10.6 Å². The third kappa shape index (κ3) is 2.84. The number of benzene rings is 2. The topological polar surface area (TPSA) is 108 Å². The number of nitrogens with zero attached hydrogens (tertiary/aromatic N) is 1. The van der Waals surface area contributed by atoms with Crippen molar-refractivity contribution in [2.24, 2.45) is 0 Å². The number of anilines is 1. The van der Waals surface area contributed by atoms with Crippen LogP contribution in [0.1, 0.15) is 25.7 Å². The molecular formula is C17H16N2O6S. The second-order valence-corrected chi connectivity index (χ2v) is 7.96. The van der Waals surface area contributed by atoms with Gasteiger partial charge < -0.3 is 9.47 Å². The summed E-state index contributed by atoms with van der Waals surface area (Å²) >= 11 is 0. The molecule has 1 saturated carbocycles. The maximum Gasteiger partial charge on any atom is 0.289 e. The Bertz CT molecular complexity index is 982. The van der Waals surface area contributed by atoms with Gasteiger partial charge in [-0.05, 0) is 31.0 Å². The number of nitro groups is 1. The lowest BCUT2D eigenvalue weighted by Gasteiger charge is -2.21. The van der Waals surface area contributed by atoms with Crippen molar-refractivity contribution in [1.82, 2.24) is 0 Å². The minimum atomic E-state index is -4.12. The van der Waals surface area contributed by atoms with Crippen LogP contribution in [-0.4, -0.2) is 19.1 Å². The molecule has 9 heteroatoms. The summed E-state index contributed by atoms with van der Waals surface area (Å²) in [5.41, 5.74) is -0.230. The molecule has 0 aromatic heterocycles. The molecule has 26 heavy (non-hydrogen) atoms. The van der Waals surface area contributed by atoms with Crippen LogP contribution < -0.4 is 14.2 Å². The molecular weight excluding hydrogens is 360 g/mol. The van der Waals surface area contributed by atoms with Crippen LogP contribution in [0, 0.1) is 10.1 Å². The monoisotopic (exact) mass is 376 g/mol. The average Bonchev–Trinajstić information content (AvgIpc) is 3.20. The van der Waals surface area contributed by atoms with E-state index in [1.54, 1.807) is 12.1 Å². The Morgan fingerprint density at radius 2 is 1.73 bits per heavy atom. The third-order valence-corrected chi connectivity index (χ3v) is 5.93. The summed E-state index contributed by atoms with van der Waals surface area (Å²) in [6.07, 6.45) is 3.62. The van der Waals surface area contributed by atoms with E-state index in [1.165, 1.54) is 24.3 Å². The fourth-order valence-corrected chi connectivity index (χ4v) is 4.54. The number of nitro benzene ring substituents is 1. The summed E-state index contributed by atoms with van der Waals surface area (Å²) in [6, 6.07) is 9.92. The highest BCUT2D eigenvalue weighted by atomic mass is 32.2. The lowest BCUT2D eigenvalue weighted by atomic mass is 10.2. The van der Waals surface area contributed by atoms with Gasteiger partial charge in [-0.15, -0.1) is 0 Å². The van der Waals surface area contributed by atoms with Crippen LogP contribution in [0.25, 0.3) is 0 Å². The number of nitrogens with one attached hydrogen (secondary N) is 1. The molecule has 0 atom stereocenters. The standard InChI is InChI=1S/C17H16N2O6S/c20-19(21)13-5-1-2-6-16(13)26(22,23)18-12-7-8-14-15(11-12)25-17(24-14)9-3-4-10-17/h1-2,5-8,11,18H,3-4,9-10H2. The van der Waals surface area contributed by atoms with Crippen molar-refractivity contribution in [3.63, 3.8) is 0 Å². The van der Waals surface area contributed by atoms with Crippen LogP contribution in [0.4, 0.5) is 11.4 Å². The summed E-state index contributed by atoms with van der Waals surface area (Å²) < 4.78 is 39.3. The highest BCUT2D eigenvalue weighted by Crippen LogP contribution is 2.47. The second kappa shape index (κ2) is 5.87. The smallest absolute Gasteiger partial charge is 0.289 e. The molecule has 8 nitrogen and oxygen atoms in total. The summed E-state index contributed by atoms with van der Waals surface area (Å²) in [5.74, 6) is 0.396. The molecule has 1 N–H and O–H groups in total. The normalized spacial score (nSPS) is 17.4. The lowest BCUT2D eigenvalue weighted by Crippen LogP contribution is -2.34. The molecule has 0 saturated heterocycles. The molecule has 0 bridgehead atoms. The first-order chi connectivity index (χ1) is 12.4. The minimum absolute atomic E-state index is 0.251. The van der Waals surface area contributed by atoms with Crippen LogP contribution in [0.15, 0.2) is 47.4 Å². The van der Waals surface area contributed by atoms with Gasteiger partial charge in [0.25, 0.3) is 21.5 Å². The molecule has 0 amide bonds. The van der Waals surface area contributed by atoms with Crippen molar-refractivity contribution in [3.05, 3.63) is 52.6 Å². The van der Waals surface area contributed by atoms with Gasteiger partial charge in [0, 0.05) is 25.0 Å². The predicted octanol–water partition coefficient (Wildman–Crippen LogP) is 3.44. The Balaban J connectivity index is 1.62. The van der Waals surface area contributed by atoms with Gasteiger partial charge in [-0.2, -0.15) is 0 Å². The van der Waals surface area contributed by atoms with E-state index >= 15 is 0 Å². The van der Waals surface area contributed by atoms with E-state index in [0.717, 1.165) is 31.7 Å². The lowest BCUT2D eigenvalue weighted by molar-refractivity contribution is -0.387. The van der Waals surface area contributed by atoms with Crippen molar-refractivity contribution in [3.8, 4) is 11.5 Å². The van der Waals surface area contributed by atoms with Gasteiger partial charge in [0.2, 0.25) is 0 Å². The van der Waals surface area contributed by atoms with Gasteiger partial charge in [0.15, 0.2) is 16.4 Å². The zero-order chi connectivity index (χ0) is 18.4. The molecule has 1 aliphatic carbocycles. The first kappa shape index (κ1) is 16.6. The summed E-state index contributed by atoms with van der Waals surface area (Å²) in [6.45, 7) is 0. The fourth-order valence-electron chi connectivity index (χ4n) is 3.32. The number of para-hydroxylation sites is 1. The largest absolute Gasteiger partial charge is 0.448 e. The van der Waals surface area contributed by atoms with Crippen LogP contribution in [0.3, 0.4) is 0 Å². The highest BCUT2D eigenvalue weighted by Gasteiger charge is 2.44. The Hall–Kier alpha value is -2.81. The van der Waals surface area contributed by atoms with Crippen LogP contribution in [0.5, 0.6) is 11.5 Å². The van der Waals surface area contributed by atoms with Crippen molar-refractivity contribution >= 4 is 21.4 Å². The maximum absolute atomic E-state index is 12.6. The first-order valence-corrected chi connectivity index (χ1v) is 9.65. The third-order valence-electron chi connectivity index (χ3n) is 4.50. The summed E-state index contributed by atoms with van der Waals surface area (Å²) in [7, 11) is -4.12. The first-order valence-electron chi connectivity index (χ1n) is 8.17. The number of rotatable bonds is 4. The van der Waals surface area contributed by atoms with Gasteiger partial charge >= 0.3 is 0 Å². The van der Waals surface area contributed by atoms with Crippen LogP contribution in [-0.2, 0) is 10.0 Å². The SMILES string of the molecule is O=[N+]([O-])c1ccccc1S(=O)(=O)Nc1ccc2c(c1)OC1(CCCC1)O2. The Labute approximate surface area is 149 Å². The number of hydrogen-bond donors (Lipinski definition) is 1. The van der Waals surface area contributed by atoms with Crippen LogP contribution >= 0.6 is 0 Å². The number of sulfonamides is 1. The van der Waals surface area contributed by atoms with Crippen molar-refractivity contribution in [2.45, 2.75) is 36.4 Å². The summed E-state index contributed by atoms with van der Waals surface area (Å²) in [5, 5.41) is 11.1. The molecule has 0 unspecified atom stereocenters. The number of ether oxygens (including phenoxy) is 2. The van der Waals surface area contributed by atoms with Crippen molar-refractivity contribution < 1.29 is 22.8 Å². The van der Waals surface area contributed by atoms with Crippen molar-refractivity contribution in [2.75, 3.05) is 4.72 Å². The average molecular weight is 376 g/mol. The zero-order valence-corrected chi connectivity index (χ0v) is 14.5. The molecule has 1 fully saturated rings. The molecule has 4 rings (SSSR count). The van der Waals surface area contributed by atoms with Crippen LogP contribution in [0.2, 0.25) is 0 Å². The van der Waals surface area contributed by atoms with Gasteiger partial charge in [0.1, 0.15) is 0 Å². The van der Waals surface area contributed by atoms with E-state index < -0.39 is 31.3 Å². The molecule has 0 radical (unpaired) electrons. The van der Waals surface area contributed by atoms with Gasteiger partial charge in [-0.25, -0.2) is 8.42 Å². The molecule has 2 aliphatic rings. The molecule has 2 aromatic rings. The Morgan fingerprint density at radius 1 is 1.04 bits per heavy atom. The Morgan fingerprint density at radius 3 is 2.46 bits per heavy atom. The van der Waals surface area contributed by atoms with Crippen molar-refractivity contribution in [1.29, 1.82) is 0 Å². The predicted molar refractivity (Wildman–Crippen MR) is 92.8 cm³/mol. The minimum Gasteiger partial charge on any atom is -0.448 e. The number of hydrogen-bond acceptors (Lipinski definition) is 6. The van der Waals surface area contributed by atoms with E-state index in [4.69, 9.17) is 9.47 Å². The van der Waals surface area contributed by atoms with E-state index in [2.05, 4.69) is 4.72 Å². The molecule has 2 aromatic carbocycles. The second-order valence-electron chi connectivity index (χ2n) is 6.31. The molecule has 1 aliphatic heterocycles. The molecule has 136 valence electrons. The Kier molecular flexibility index (Phi) is 3.76. The maximum atomic E-state index is 12.6. The van der Waals surface area contributed by atoms with E-state index in [9.17, 15) is 18.5 Å². The molecule has 1 heterocycles. The summed E-state index contributed by atoms with van der Waals surface area (Å²) in [4.78, 5) is 9.98. The van der Waals surface area contributed by atoms with E-state index in [0.29, 0.717) is 11.5 Å². The van der Waals surface area contributed by atoms with E-state index in [-0.39, 0.29) is 5.69 Å². The molecule has 1 spiro atoms. The van der Waals surface area contributed by atoms with E-state index in [1.807, 2.05) is 0 Å². The fraction of sp³-hybridized carbons (Fsp3) is 0.294. The zero-order valence-electron chi connectivity index (χ0n) is 13.7.